The second-order valence-electron chi connectivity index (χ2n) is 5.63. The molecule has 6 heteroatoms. The molecule has 4 nitrogen and oxygen atoms in total. The number of amides is 2. The molecule has 0 saturated carbocycles. The van der Waals surface area contributed by atoms with E-state index < -0.39 is 17.5 Å². The second kappa shape index (κ2) is 8.92. The molecule has 0 aliphatic heterocycles. The molecule has 0 aromatic heterocycles. The van der Waals surface area contributed by atoms with E-state index in [2.05, 4.69) is 10.6 Å². The smallest absolute Gasteiger partial charge is 0.254 e. The van der Waals surface area contributed by atoms with Crippen molar-refractivity contribution in [2.24, 2.45) is 0 Å². The number of benzene rings is 2. The van der Waals surface area contributed by atoms with Crippen molar-refractivity contribution < 1.29 is 18.4 Å². The average Bonchev–Trinajstić information content (AvgIpc) is 2.60. The molecule has 1 atom stereocenters. The third-order valence-electron chi connectivity index (χ3n) is 3.70. The predicted octanol–water partition coefficient (Wildman–Crippen LogP) is 3.35. The normalized spacial score (nSPS) is 11.6. The van der Waals surface area contributed by atoms with Gasteiger partial charge in [0.05, 0.1) is 18.2 Å². The van der Waals surface area contributed by atoms with E-state index in [1.807, 2.05) is 37.3 Å². The first-order chi connectivity index (χ1) is 12.0. The van der Waals surface area contributed by atoms with Crippen LogP contribution in [-0.2, 0) is 4.79 Å². The molecule has 0 bridgehead atoms. The number of rotatable bonds is 7. The number of nitrogens with one attached hydrogen (secondary N) is 2. The summed E-state index contributed by atoms with van der Waals surface area (Å²) in [5, 5.41) is 5.20. The molecule has 2 aromatic rings. The Morgan fingerprint density at radius 2 is 1.80 bits per heavy atom. The summed E-state index contributed by atoms with van der Waals surface area (Å²) in [6, 6.07) is 12.0. The molecule has 0 saturated heterocycles. The molecule has 2 amide bonds. The summed E-state index contributed by atoms with van der Waals surface area (Å²) in [6.07, 6.45) is 1.64. The van der Waals surface area contributed by atoms with Gasteiger partial charge in [0.15, 0.2) is 0 Å². The van der Waals surface area contributed by atoms with Crippen LogP contribution in [0.3, 0.4) is 0 Å². The van der Waals surface area contributed by atoms with Crippen LogP contribution in [0.5, 0.6) is 0 Å². The molecule has 0 aliphatic carbocycles. The van der Waals surface area contributed by atoms with Gasteiger partial charge in [0.1, 0.15) is 11.6 Å². The number of hydrogen-bond acceptors (Lipinski definition) is 2. The summed E-state index contributed by atoms with van der Waals surface area (Å²) < 4.78 is 26.4. The standard InChI is InChI=1S/C19H20F2N2O2/c1-2-6-17(13-7-4-3-5-8-13)23-18(24)12-22-19(25)15-10-9-14(20)11-16(15)21/h3-5,7-11,17H,2,6,12H2,1H3,(H,22,25)(H,23,24)/t17-/m1/s1. The number of hydrogen-bond donors (Lipinski definition) is 2. The molecule has 25 heavy (non-hydrogen) atoms. The minimum atomic E-state index is -0.967. The Morgan fingerprint density at radius 3 is 2.44 bits per heavy atom. The molecule has 0 unspecified atom stereocenters. The number of halogens is 2. The van der Waals surface area contributed by atoms with E-state index in [1.165, 1.54) is 0 Å². The molecule has 2 rings (SSSR count). The van der Waals surface area contributed by atoms with Crippen LogP contribution in [0.2, 0.25) is 0 Å². The van der Waals surface area contributed by atoms with E-state index >= 15 is 0 Å². The number of carbonyl (C=O) groups is 2. The summed E-state index contributed by atoms with van der Waals surface area (Å²) in [4.78, 5) is 24.0. The van der Waals surface area contributed by atoms with E-state index in [0.717, 1.165) is 30.5 Å². The highest BCUT2D eigenvalue weighted by Crippen LogP contribution is 2.17. The van der Waals surface area contributed by atoms with Gasteiger partial charge in [-0.25, -0.2) is 8.78 Å². The van der Waals surface area contributed by atoms with Crippen LogP contribution in [0, 0.1) is 11.6 Å². The van der Waals surface area contributed by atoms with E-state index in [9.17, 15) is 18.4 Å². The van der Waals surface area contributed by atoms with Crippen LogP contribution in [0.4, 0.5) is 8.78 Å². The van der Waals surface area contributed by atoms with Gasteiger partial charge in [0, 0.05) is 6.07 Å². The van der Waals surface area contributed by atoms with Crippen molar-refractivity contribution in [3.63, 3.8) is 0 Å². The SMILES string of the molecule is CCC[C@@H](NC(=O)CNC(=O)c1ccc(F)cc1F)c1ccccc1. The maximum atomic E-state index is 13.6. The summed E-state index contributed by atoms with van der Waals surface area (Å²) in [5.41, 5.74) is 0.677. The maximum Gasteiger partial charge on any atom is 0.254 e. The largest absolute Gasteiger partial charge is 0.348 e. The first-order valence-corrected chi connectivity index (χ1v) is 8.08. The molecule has 132 valence electrons. The van der Waals surface area contributed by atoms with Crippen LogP contribution in [0.1, 0.15) is 41.7 Å². The third kappa shape index (κ3) is 5.38. The summed E-state index contributed by atoms with van der Waals surface area (Å²) in [6.45, 7) is 1.73. The first-order valence-electron chi connectivity index (χ1n) is 8.08. The molecular weight excluding hydrogens is 326 g/mol. The van der Waals surface area contributed by atoms with Gasteiger partial charge in [-0.3, -0.25) is 9.59 Å². The lowest BCUT2D eigenvalue weighted by Crippen LogP contribution is -2.38. The van der Waals surface area contributed by atoms with Gasteiger partial charge in [-0.1, -0.05) is 43.7 Å². The Bertz CT molecular complexity index is 735. The van der Waals surface area contributed by atoms with Crippen molar-refractivity contribution in [1.29, 1.82) is 0 Å². The summed E-state index contributed by atoms with van der Waals surface area (Å²) in [5.74, 6) is -2.87. The van der Waals surface area contributed by atoms with E-state index in [0.29, 0.717) is 6.07 Å². The zero-order chi connectivity index (χ0) is 18.2. The molecule has 2 N–H and O–H groups in total. The van der Waals surface area contributed by atoms with Crippen molar-refractivity contribution >= 4 is 11.8 Å². The lowest BCUT2D eigenvalue weighted by molar-refractivity contribution is -0.120. The first kappa shape index (κ1) is 18.6. The fourth-order valence-corrected chi connectivity index (χ4v) is 2.47. The molecule has 0 fully saturated rings. The molecule has 2 aromatic carbocycles. The van der Waals surface area contributed by atoms with Crippen LogP contribution in [0.25, 0.3) is 0 Å². The Hall–Kier alpha value is -2.76. The highest BCUT2D eigenvalue weighted by atomic mass is 19.1. The number of carbonyl (C=O) groups excluding carboxylic acids is 2. The topological polar surface area (TPSA) is 58.2 Å². The molecule has 0 radical (unpaired) electrons. The molecular formula is C19H20F2N2O2. The summed E-state index contributed by atoms with van der Waals surface area (Å²) in [7, 11) is 0. The van der Waals surface area contributed by atoms with Crippen LogP contribution in [0.15, 0.2) is 48.5 Å². The van der Waals surface area contributed by atoms with Crippen molar-refractivity contribution in [2.45, 2.75) is 25.8 Å². The zero-order valence-corrected chi connectivity index (χ0v) is 13.9. The van der Waals surface area contributed by atoms with Gasteiger partial charge in [0.2, 0.25) is 5.91 Å². The summed E-state index contributed by atoms with van der Waals surface area (Å²) >= 11 is 0. The Balaban J connectivity index is 1.93. The lowest BCUT2D eigenvalue weighted by atomic mass is 10.0. The van der Waals surface area contributed by atoms with Gasteiger partial charge >= 0.3 is 0 Å². The van der Waals surface area contributed by atoms with Gasteiger partial charge < -0.3 is 10.6 Å². The minimum Gasteiger partial charge on any atom is -0.348 e. The van der Waals surface area contributed by atoms with Crippen LogP contribution >= 0.6 is 0 Å². The Kier molecular flexibility index (Phi) is 6.62. The Labute approximate surface area is 145 Å². The van der Waals surface area contributed by atoms with Crippen LogP contribution in [-0.4, -0.2) is 18.4 Å². The third-order valence-corrected chi connectivity index (χ3v) is 3.70. The molecule has 0 spiro atoms. The molecule has 0 heterocycles. The monoisotopic (exact) mass is 346 g/mol. The van der Waals surface area contributed by atoms with Crippen molar-refractivity contribution in [2.75, 3.05) is 6.54 Å². The van der Waals surface area contributed by atoms with Crippen molar-refractivity contribution in [3.8, 4) is 0 Å². The second-order valence-corrected chi connectivity index (χ2v) is 5.63. The van der Waals surface area contributed by atoms with Gasteiger partial charge in [-0.05, 0) is 24.1 Å². The predicted molar refractivity (Wildman–Crippen MR) is 90.9 cm³/mol. The van der Waals surface area contributed by atoms with Gasteiger partial charge in [-0.2, -0.15) is 0 Å². The van der Waals surface area contributed by atoms with Crippen LogP contribution < -0.4 is 10.6 Å². The lowest BCUT2D eigenvalue weighted by Gasteiger charge is -2.19. The van der Waals surface area contributed by atoms with E-state index in [4.69, 9.17) is 0 Å². The minimum absolute atomic E-state index is 0.154. The van der Waals surface area contributed by atoms with E-state index in [-0.39, 0.29) is 24.1 Å². The highest BCUT2D eigenvalue weighted by Gasteiger charge is 2.16. The maximum absolute atomic E-state index is 13.6. The fourth-order valence-electron chi connectivity index (χ4n) is 2.47. The van der Waals surface area contributed by atoms with Crippen molar-refractivity contribution in [3.05, 3.63) is 71.3 Å². The Morgan fingerprint density at radius 1 is 1.08 bits per heavy atom. The zero-order valence-electron chi connectivity index (χ0n) is 13.9. The highest BCUT2D eigenvalue weighted by molar-refractivity contribution is 5.96. The van der Waals surface area contributed by atoms with Crippen molar-refractivity contribution in [1.82, 2.24) is 10.6 Å². The fraction of sp³-hybridized carbons (Fsp3) is 0.263. The molecule has 0 aliphatic rings. The van der Waals surface area contributed by atoms with E-state index in [1.54, 1.807) is 0 Å². The average molecular weight is 346 g/mol. The van der Waals surface area contributed by atoms with Gasteiger partial charge in [0.25, 0.3) is 5.91 Å². The quantitative estimate of drug-likeness (QED) is 0.808. The van der Waals surface area contributed by atoms with Gasteiger partial charge in [-0.15, -0.1) is 0 Å².